The van der Waals surface area contributed by atoms with Gasteiger partial charge in [-0.25, -0.2) is 0 Å². The molecule has 0 amide bonds. The molecule has 0 aromatic heterocycles. The van der Waals surface area contributed by atoms with E-state index in [4.69, 9.17) is 22.1 Å². The minimum Gasteiger partial charge on any atom is -0.345 e. The van der Waals surface area contributed by atoms with E-state index < -0.39 is 0 Å². The Morgan fingerprint density at radius 2 is 1.88 bits per heavy atom. The highest BCUT2D eigenvalue weighted by Gasteiger charge is 2.07. The number of benzene rings is 1. The lowest BCUT2D eigenvalue weighted by molar-refractivity contribution is 0.965. The van der Waals surface area contributed by atoms with Crippen molar-refractivity contribution in [3.63, 3.8) is 0 Å². The first kappa shape index (κ1) is 12.8. The zero-order chi connectivity index (χ0) is 12.0. The average Bonchev–Trinajstić information content (AvgIpc) is 2.28. The van der Waals surface area contributed by atoms with Gasteiger partial charge < -0.3 is 4.90 Å². The van der Waals surface area contributed by atoms with Gasteiger partial charge >= 0.3 is 0 Å². The number of alkyl halides is 1. The van der Waals surface area contributed by atoms with Gasteiger partial charge in [0.05, 0.1) is 12.1 Å². The quantitative estimate of drug-likeness (QED) is 0.634. The van der Waals surface area contributed by atoms with Crippen LogP contribution in [0.5, 0.6) is 0 Å². The normalized spacial score (nSPS) is 9.25. The maximum Gasteiger partial charge on any atom is 0.106 e. The average molecular weight is 299 g/mol. The minimum absolute atomic E-state index is 0.195. The second kappa shape index (κ2) is 6.37. The molecule has 0 saturated heterocycles. The highest BCUT2D eigenvalue weighted by Crippen LogP contribution is 2.25. The van der Waals surface area contributed by atoms with Crippen molar-refractivity contribution < 1.29 is 0 Å². The first-order chi connectivity index (χ1) is 7.72. The van der Waals surface area contributed by atoms with Crippen molar-refractivity contribution in [1.29, 1.82) is 10.5 Å². The predicted octanol–water partition coefficient (Wildman–Crippen LogP) is 3.04. The lowest BCUT2D eigenvalue weighted by Gasteiger charge is -2.18. The second-order valence-corrected chi connectivity index (χ2v) is 4.20. The topological polar surface area (TPSA) is 50.8 Å². The van der Waals surface area contributed by atoms with Crippen LogP contribution in [0.2, 0.25) is 0 Å². The van der Waals surface area contributed by atoms with Gasteiger partial charge in [-0.05, 0) is 17.7 Å². The molecule has 5 heteroatoms. The van der Waals surface area contributed by atoms with Crippen LogP contribution in [0.1, 0.15) is 5.56 Å². The van der Waals surface area contributed by atoms with Crippen LogP contribution in [0.3, 0.4) is 0 Å². The molecule has 0 atom stereocenters. The molecular formula is C11H9BrClN3. The molecule has 0 heterocycles. The van der Waals surface area contributed by atoms with Gasteiger partial charge in [-0.1, -0.05) is 22.0 Å². The van der Waals surface area contributed by atoms with E-state index in [-0.39, 0.29) is 13.1 Å². The summed E-state index contributed by atoms with van der Waals surface area (Å²) in [6.07, 6.45) is 0. The molecular weight excluding hydrogens is 289 g/mol. The van der Waals surface area contributed by atoms with Gasteiger partial charge in [0.1, 0.15) is 13.1 Å². The van der Waals surface area contributed by atoms with E-state index in [0.717, 1.165) is 15.7 Å². The van der Waals surface area contributed by atoms with Crippen molar-refractivity contribution in [2.75, 3.05) is 18.0 Å². The first-order valence-electron chi connectivity index (χ1n) is 4.56. The molecule has 0 N–H and O–H groups in total. The Balaban J connectivity index is 2.98. The number of rotatable bonds is 4. The molecule has 0 spiro atoms. The second-order valence-electron chi connectivity index (χ2n) is 3.08. The lowest BCUT2D eigenvalue weighted by Crippen LogP contribution is -2.23. The van der Waals surface area contributed by atoms with Crippen molar-refractivity contribution in [2.45, 2.75) is 5.88 Å². The van der Waals surface area contributed by atoms with Crippen LogP contribution in [0.15, 0.2) is 22.7 Å². The molecule has 3 nitrogen and oxygen atoms in total. The maximum absolute atomic E-state index is 8.66. The molecule has 16 heavy (non-hydrogen) atoms. The summed E-state index contributed by atoms with van der Waals surface area (Å²) in [6, 6.07) is 9.67. The summed E-state index contributed by atoms with van der Waals surface area (Å²) < 4.78 is 0.890. The van der Waals surface area contributed by atoms with Crippen LogP contribution in [0.4, 0.5) is 5.69 Å². The van der Waals surface area contributed by atoms with Crippen LogP contribution < -0.4 is 4.90 Å². The van der Waals surface area contributed by atoms with Gasteiger partial charge in [0.25, 0.3) is 0 Å². The third-order valence-corrected chi connectivity index (χ3v) is 3.10. The summed E-state index contributed by atoms with van der Waals surface area (Å²) in [7, 11) is 0. The largest absolute Gasteiger partial charge is 0.345 e. The van der Waals surface area contributed by atoms with Crippen molar-refractivity contribution in [3.05, 3.63) is 28.2 Å². The highest BCUT2D eigenvalue weighted by atomic mass is 79.9. The summed E-state index contributed by atoms with van der Waals surface area (Å²) in [4.78, 5) is 1.70. The van der Waals surface area contributed by atoms with E-state index in [1.54, 1.807) is 4.90 Å². The zero-order valence-electron chi connectivity index (χ0n) is 8.45. The minimum atomic E-state index is 0.195. The molecule has 0 aliphatic carbocycles. The summed E-state index contributed by atoms with van der Waals surface area (Å²) in [5.41, 5.74) is 1.82. The van der Waals surface area contributed by atoms with Crippen LogP contribution in [0.25, 0.3) is 0 Å². The third-order valence-electron chi connectivity index (χ3n) is 2.07. The van der Waals surface area contributed by atoms with Crippen molar-refractivity contribution in [2.24, 2.45) is 0 Å². The molecule has 0 unspecified atom stereocenters. The Morgan fingerprint density at radius 3 is 2.31 bits per heavy atom. The van der Waals surface area contributed by atoms with Crippen molar-refractivity contribution >= 4 is 33.2 Å². The third kappa shape index (κ3) is 3.13. The Morgan fingerprint density at radius 1 is 1.25 bits per heavy atom. The van der Waals surface area contributed by atoms with E-state index in [0.29, 0.717) is 5.88 Å². The summed E-state index contributed by atoms with van der Waals surface area (Å²) in [6.45, 7) is 0.389. The molecule has 0 aliphatic rings. The van der Waals surface area contributed by atoms with Crippen LogP contribution in [-0.2, 0) is 5.88 Å². The molecule has 0 bridgehead atoms. The lowest BCUT2D eigenvalue weighted by atomic mass is 10.2. The fourth-order valence-electron chi connectivity index (χ4n) is 1.25. The number of halogens is 2. The first-order valence-corrected chi connectivity index (χ1v) is 5.89. The maximum atomic E-state index is 8.66. The number of nitriles is 2. The van der Waals surface area contributed by atoms with Crippen LogP contribution in [0, 0.1) is 22.7 Å². The number of hydrogen-bond acceptors (Lipinski definition) is 3. The smallest absolute Gasteiger partial charge is 0.106 e. The van der Waals surface area contributed by atoms with Crippen molar-refractivity contribution in [3.8, 4) is 12.1 Å². The summed E-state index contributed by atoms with van der Waals surface area (Å²) in [5.74, 6) is 0.428. The Kier molecular flexibility index (Phi) is 5.11. The highest BCUT2D eigenvalue weighted by molar-refractivity contribution is 9.10. The Hall–Kier alpha value is -1.23. The fourth-order valence-corrected chi connectivity index (χ4v) is 2.15. The van der Waals surface area contributed by atoms with Gasteiger partial charge in [-0.3, -0.25) is 0 Å². The molecule has 0 fully saturated rings. The number of hydrogen-bond donors (Lipinski definition) is 0. The van der Waals surface area contributed by atoms with Gasteiger partial charge in [0, 0.05) is 16.0 Å². The Labute approximate surface area is 108 Å². The van der Waals surface area contributed by atoms with Crippen molar-refractivity contribution in [1.82, 2.24) is 0 Å². The number of anilines is 1. The number of nitrogens with zero attached hydrogens (tertiary/aromatic N) is 3. The van der Waals surface area contributed by atoms with Crippen LogP contribution >= 0.6 is 27.5 Å². The van der Waals surface area contributed by atoms with E-state index >= 15 is 0 Å². The molecule has 1 aromatic rings. The van der Waals surface area contributed by atoms with Gasteiger partial charge in [0.15, 0.2) is 0 Å². The SMILES string of the molecule is N#CCN(CC#N)c1ccc(CCl)c(Br)c1. The van der Waals surface area contributed by atoms with E-state index in [1.807, 2.05) is 30.3 Å². The van der Waals surface area contributed by atoms with E-state index in [2.05, 4.69) is 15.9 Å². The fraction of sp³-hybridized carbons (Fsp3) is 0.273. The molecule has 1 rings (SSSR count). The van der Waals surface area contributed by atoms with Gasteiger partial charge in [0.2, 0.25) is 0 Å². The Bertz CT molecular complexity index is 432. The summed E-state index contributed by atoms with van der Waals surface area (Å²) >= 11 is 9.14. The molecule has 82 valence electrons. The summed E-state index contributed by atoms with van der Waals surface area (Å²) in [5, 5.41) is 17.3. The van der Waals surface area contributed by atoms with Gasteiger partial charge in [-0.15, -0.1) is 11.6 Å². The monoisotopic (exact) mass is 297 g/mol. The molecule has 0 radical (unpaired) electrons. The zero-order valence-corrected chi connectivity index (χ0v) is 10.8. The van der Waals surface area contributed by atoms with Gasteiger partial charge in [-0.2, -0.15) is 10.5 Å². The van der Waals surface area contributed by atoms with E-state index in [9.17, 15) is 0 Å². The molecule has 0 aliphatic heterocycles. The molecule has 0 saturated carbocycles. The van der Waals surface area contributed by atoms with Crippen LogP contribution in [-0.4, -0.2) is 13.1 Å². The molecule has 1 aromatic carbocycles. The standard InChI is InChI=1S/C11H9BrClN3/c12-11-7-10(2-1-9(11)8-13)16(5-3-14)6-4-15/h1-2,7H,5-6,8H2. The van der Waals surface area contributed by atoms with E-state index in [1.165, 1.54) is 0 Å². The predicted molar refractivity (Wildman–Crippen MR) is 67.1 cm³/mol.